The number of amides is 1. The highest BCUT2D eigenvalue weighted by Crippen LogP contribution is 2.32. The number of carbonyl (C=O) groups is 1. The smallest absolute Gasteiger partial charge is 0.410 e. The Bertz CT molecular complexity index is 670. The number of halogens is 2. The molecule has 1 aromatic carbocycles. The zero-order valence-electron chi connectivity index (χ0n) is 14.3. The van der Waals surface area contributed by atoms with Crippen LogP contribution in [0.1, 0.15) is 33.6 Å². The van der Waals surface area contributed by atoms with Crippen LogP contribution in [0.3, 0.4) is 0 Å². The topological polar surface area (TPSA) is 84.7 Å². The molecule has 2 rings (SSSR count). The van der Waals surface area contributed by atoms with Crippen LogP contribution >= 0.6 is 11.6 Å². The van der Waals surface area contributed by atoms with Crippen molar-refractivity contribution in [1.82, 2.24) is 4.90 Å². The van der Waals surface area contributed by atoms with Gasteiger partial charge in [-0.25, -0.2) is 9.18 Å². The van der Waals surface area contributed by atoms with Gasteiger partial charge in [0, 0.05) is 19.1 Å². The number of nitro benzene ring substituents is 1. The summed E-state index contributed by atoms with van der Waals surface area (Å²) < 4.78 is 18.8. The van der Waals surface area contributed by atoms with E-state index in [0.29, 0.717) is 25.9 Å². The second-order valence-corrected chi connectivity index (χ2v) is 7.33. The molecular formula is C16H21ClFN3O4. The highest BCUT2D eigenvalue weighted by molar-refractivity contribution is 6.31. The quantitative estimate of drug-likeness (QED) is 0.634. The predicted molar refractivity (Wildman–Crippen MR) is 92.5 cm³/mol. The fourth-order valence-corrected chi connectivity index (χ4v) is 2.72. The van der Waals surface area contributed by atoms with E-state index in [1.807, 2.05) is 0 Å². The van der Waals surface area contributed by atoms with Crippen molar-refractivity contribution in [2.24, 2.45) is 0 Å². The minimum absolute atomic E-state index is 0.0843. The number of ether oxygens (including phenoxy) is 1. The maximum Gasteiger partial charge on any atom is 0.410 e. The molecule has 7 nitrogen and oxygen atoms in total. The van der Waals surface area contributed by atoms with Gasteiger partial charge in [-0.2, -0.15) is 0 Å². The van der Waals surface area contributed by atoms with Crippen molar-refractivity contribution in [1.29, 1.82) is 0 Å². The van der Waals surface area contributed by atoms with E-state index in [9.17, 15) is 19.3 Å². The zero-order valence-corrected chi connectivity index (χ0v) is 15.1. The van der Waals surface area contributed by atoms with Crippen LogP contribution in [-0.4, -0.2) is 40.6 Å². The number of nitro groups is 1. The average Bonchev–Trinajstić information content (AvgIpc) is 2.49. The number of likely N-dealkylation sites (tertiary alicyclic amines) is 1. The van der Waals surface area contributed by atoms with Crippen LogP contribution in [0.5, 0.6) is 0 Å². The molecule has 0 aromatic heterocycles. The van der Waals surface area contributed by atoms with E-state index in [4.69, 9.17) is 16.3 Å². The molecule has 0 bridgehead atoms. The highest BCUT2D eigenvalue weighted by atomic mass is 35.5. The Morgan fingerprint density at radius 2 is 2.00 bits per heavy atom. The lowest BCUT2D eigenvalue weighted by molar-refractivity contribution is -0.384. The maximum atomic E-state index is 13.5. The van der Waals surface area contributed by atoms with Gasteiger partial charge in [0.15, 0.2) is 0 Å². The number of hydrogen-bond acceptors (Lipinski definition) is 5. The number of nitrogens with one attached hydrogen (secondary N) is 1. The summed E-state index contributed by atoms with van der Waals surface area (Å²) in [5.41, 5.74) is -0.749. The molecule has 1 fully saturated rings. The van der Waals surface area contributed by atoms with E-state index in [1.165, 1.54) is 6.07 Å². The normalized spacial score (nSPS) is 15.8. The van der Waals surface area contributed by atoms with Gasteiger partial charge in [-0.3, -0.25) is 10.1 Å². The Labute approximate surface area is 150 Å². The van der Waals surface area contributed by atoms with Gasteiger partial charge in [0.25, 0.3) is 5.69 Å². The molecule has 0 radical (unpaired) electrons. The number of piperidine rings is 1. The molecule has 0 saturated carbocycles. The molecule has 9 heteroatoms. The van der Waals surface area contributed by atoms with Gasteiger partial charge in [-0.15, -0.1) is 0 Å². The Morgan fingerprint density at radius 3 is 2.52 bits per heavy atom. The van der Waals surface area contributed by atoms with Gasteiger partial charge in [0.1, 0.15) is 17.1 Å². The summed E-state index contributed by atoms with van der Waals surface area (Å²) in [6, 6.07) is 1.94. The van der Waals surface area contributed by atoms with Crippen LogP contribution in [-0.2, 0) is 4.74 Å². The fraction of sp³-hybridized carbons (Fsp3) is 0.562. The molecule has 1 heterocycles. The van der Waals surface area contributed by atoms with Crippen molar-refractivity contribution in [3.63, 3.8) is 0 Å². The van der Waals surface area contributed by atoms with Crippen LogP contribution in [0.4, 0.5) is 20.6 Å². The molecule has 0 aliphatic carbocycles. The SMILES string of the molecule is CC(C)(C)OC(=O)N1CCC(Nc2cc(Cl)c(F)cc2[N+](=O)[O-])CC1. The van der Waals surface area contributed by atoms with Crippen LogP contribution in [0.25, 0.3) is 0 Å². The molecule has 0 unspecified atom stereocenters. The number of anilines is 1. The van der Waals surface area contributed by atoms with Gasteiger partial charge < -0.3 is 15.0 Å². The van der Waals surface area contributed by atoms with Crippen LogP contribution in [0, 0.1) is 15.9 Å². The van der Waals surface area contributed by atoms with E-state index in [2.05, 4.69) is 5.32 Å². The summed E-state index contributed by atoms with van der Waals surface area (Å²) in [4.78, 5) is 24.1. The molecule has 1 aliphatic heterocycles. The number of hydrogen-bond donors (Lipinski definition) is 1. The van der Waals surface area contributed by atoms with Crippen molar-refractivity contribution >= 4 is 29.1 Å². The Balaban J connectivity index is 2.00. The fourth-order valence-electron chi connectivity index (χ4n) is 2.56. The van der Waals surface area contributed by atoms with Gasteiger partial charge in [0.2, 0.25) is 0 Å². The van der Waals surface area contributed by atoms with Crippen molar-refractivity contribution < 1.29 is 18.8 Å². The molecule has 1 aliphatic rings. The van der Waals surface area contributed by atoms with Crippen molar-refractivity contribution in [2.75, 3.05) is 18.4 Å². The lowest BCUT2D eigenvalue weighted by atomic mass is 10.0. The van der Waals surface area contributed by atoms with Gasteiger partial charge >= 0.3 is 6.09 Å². The number of carbonyl (C=O) groups excluding carboxylic acids is 1. The molecule has 1 aromatic rings. The maximum absolute atomic E-state index is 13.5. The van der Waals surface area contributed by atoms with E-state index < -0.39 is 16.3 Å². The van der Waals surface area contributed by atoms with E-state index in [0.717, 1.165) is 6.07 Å². The first kappa shape index (κ1) is 19.2. The minimum atomic E-state index is -0.835. The molecule has 0 atom stereocenters. The van der Waals surface area contributed by atoms with Gasteiger partial charge in [-0.1, -0.05) is 11.6 Å². The van der Waals surface area contributed by atoms with Crippen molar-refractivity contribution in [3.8, 4) is 0 Å². The summed E-state index contributed by atoms with van der Waals surface area (Å²) in [5, 5.41) is 13.9. The number of rotatable bonds is 3. The first-order valence-corrected chi connectivity index (χ1v) is 8.32. The van der Waals surface area contributed by atoms with Crippen molar-refractivity contribution in [3.05, 3.63) is 33.1 Å². The van der Waals surface area contributed by atoms with Crippen molar-refractivity contribution in [2.45, 2.75) is 45.3 Å². The monoisotopic (exact) mass is 373 g/mol. The molecule has 1 N–H and O–H groups in total. The van der Waals surface area contributed by atoms with E-state index in [-0.39, 0.29) is 28.5 Å². The zero-order chi connectivity index (χ0) is 18.8. The number of nitrogens with zero attached hydrogens (tertiary/aromatic N) is 2. The summed E-state index contributed by atoms with van der Waals surface area (Å²) in [6.45, 7) is 6.34. The highest BCUT2D eigenvalue weighted by Gasteiger charge is 2.28. The average molecular weight is 374 g/mol. The Hall–Kier alpha value is -2.09. The molecule has 1 amide bonds. The predicted octanol–water partition coefficient (Wildman–Crippen LogP) is 4.20. The number of benzene rings is 1. The molecular weight excluding hydrogens is 353 g/mol. The molecule has 1 saturated heterocycles. The summed E-state index contributed by atoms with van der Waals surface area (Å²) in [5.74, 6) is -0.835. The third kappa shape index (κ3) is 5.19. The second-order valence-electron chi connectivity index (χ2n) is 6.93. The van der Waals surface area contributed by atoms with E-state index in [1.54, 1.807) is 25.7 Å². The molecule has 0 spiro atoms. The van der Waals surface area contributed by atoms with Crippen LogP contribution in [0.15, 0.2) is 12.1 Å². The lowest BCUT2D eigenvalue weighted by Gasteiger charge is -2.34. The largest absolute Gasteiger partial charge is 0.444 e. The minimum Gasteiger partial charge on any atom is -0.444 e. The molecule has 25 heavy (non-hydrogen) atoms. The van der Waals surface area contributed by atoms with Crippen LogP contribution < -0.4 is 5.32 Å². The second kappa shape index (κ2) is 7.43. The standard InChI is InChI=1S/C16H21ClFN3O4/c1-16(2,3)25-15(22)20-6-4-10(5-7-20)19-13-8-11(17)12(18)9-14(13)21(23)24/h8-10,19H,4-7H2,1-3H3. The molecule has 138 valence electrons. The van der Waals surface area contributed by atoms with Crippen LogP contribution in [0.2, 0.25) is 5.02 Å². The van der Waals surface area contributed by atoms with Gasteiger partial charge in [0.05, 0.1) is 16.0 Å². The summed E-state index contributed by atoms with van der Waals surface area (Å²) >= 11 is 5.73. The first-order valence-electron chi connectivity index (χ1n) is 7.95. The Morgan fingerprint density at radius 1 is 1.40 bits per heavy atom. The third-order valence-corrected chi connectivity index (χ3v) is 4.03. The Kier molecular flexibility index (Phi) is 5.72. The van der Waals surface area contributed by atoms with E-state index >= 15 is 0 Å². The summed E-state index contributed by atoms with van der Waals surface area (Å²) in [6.07, 6.45) is 0.804. The summed E-state index contributed by atoms with van der Waals surface area (Å²) in [7, 11) is 0. The van der Waals surface area contributed by atoms with Gasteiger partial charge in [-0.05, 0) is 39.7 Å². The first-order chi connectivity index (χ1) is 11.6. The third-order valence-electron chi connectivity index (χ3n) is 3.74. The lowest BCUT2D eigenvalue weighted by Crippen LogP contribution is -2.44.